The maximum atomic E-state index is 11.4. The highest BCUT2D eigenvalue weighted by Gasteiger charge is 2.02. The number of methoxy groups -OCH3 is 1. The first-order valence-electron chi connectivity index (χ1n) is 6.33. The molecule has 0 bridgehead atoms. The average molecular weight is 301 g/mol. The molecule has 1 amide bonds. The van der Waals surface area contributed by atoms with Gasteiger partial charge >= 0.3 is 0 Å². The number of thiophene rings is 1. The first-order chi connectivity index (χ1) is 10.2. The lowest BCUT2D eigenvalue weighted by Gasteiger charge is -2.07. The third-order valence-electron chi connectivity index (χ3n) is 2.68. The Morgan fingerprint density at radius 3 is 2.57 bits per heavy atom. The maximum absolute atomic E-state index is 11.4. The Labute approximate surface area is 127 Å². The summed E-state index contributed by atoms with van der Waals surface area (Å²) >= 11 is 1.47. The van der Waals surface area contributed by atoms with Crippen LogP contribution in [0.4, 0.5) is 11.4 Å². The van der Waals surface area contributed by atoms with E-state index in [9.17, 15) is 4.79 Å². The number of ether oxygens (including phenoxy) is 1. The zero-order valence-electron chi connectivity index (χ0n) is 11.6. The van der Waals surface area contributed by atoms with Gasteiger partial charge in [0.15, 0.2) is 0 Å². The summed E-state index contributed by atoms with van der Waals surface area (Å²) in [5.74, 6) is -0.180. The van der Waals surface area contributed by atoms with Crippen LogP contribution in [0.3, 0.4) is 0 Å². The van der Waals surface area contributed by atoms with E-state index in [1.807, 2.05) is 36.4 Å². The van der Waals surface area contributed by atoms with Gasteiger partial charge in [0.1, 0.15) is 17.6 Å². The van der Waals surface area contributed by atoms with Crippen molar-refractivity contribution in [2.24, 2.45) is 0 Å². The predicted octanol–water partition coefficient (Wildman–Crippen LogP) is 2.82. The molecule has 0 saturated carbocycles. The highest BCUT2D eigenvalue weighted by molar-refractivity contribution is 7.12. The zero-order valence-corrected chi connectivity index (χ0v) is 12.4. The fourth-order valence-corrected chi connectivity index (χ4v) is 2.47. The smallest absolute Gasteiger partial charge is 0.250 e. The summed E-state index contributed by atoms with van der Waals surface area (Å²) in [5.41, 5.74) is 1.68. The van der Waals surface area contributed by atoms with Gasteiger partial charge in [0.25, 0.3) is 0 Å². The molecule has 6 heteroatoms. The Morgan fingerprint density at radius 2 is 1.95 bits per heavy atom. The van der Waals surface area contributed by atoms with Crippen molar-refractivity contribution in [3.05, 3.63) is 46.2 Å². The van der Waals surface area contributed by atoms with Crippen LogP contribution in [0, 0.1) is 11.3 Å². The Balaban J connectivity index is 1.87. The van der Waals surface area contributed by atoms with Gasteiger partial charge in [-0.25, -0.2) is 0 Å². The van der Waals surface area contributed by atoms with Gasteiger partial charge in [0.05, 0.1) is 0 Å². The monoisotopic (exact) mass is 301 g/mol. The van der Waals surface area contributed by atoms with Crippen molar-refractivity contribution in [2.45, 2.75) is 6.54 Å². The van der Waals surface area contributed by atoms with Crippen molar-refractivity contribution in [1.29, 1.82) is 5.26 Å². The summed E-state index contributed by atoms with van der Waals surface area (Å²) in [5, 5.41) is 14.8. The van der Waals surface area contributed by atoms with Gasteiger partial charge in [0, 0.05) is 29.9 Å². The molecule has 21 heavy (non-hydrogen) atoms. The summed E-state index contributed by atoms with van der Waals surface area (Å²) in [6.45, 7) is 0.710. The second-order valence-electron chi connectivity index (χ2n) is 4.29. The third-order valence-corrected chi connectivity index (χ3v) is 3.67. The van der Waals surface area contributed by atoms with Crippen molar-refractivity contribution in [2.75, 3.05) is 24.4 Å². The first-order valence-corrected chi connectivity index (χ1v) is 7.14. The lowest BCUT2D eigenvalue weighted by atomic mass is 10.2. The summed E-state index contributed by atoms with van der Waals surface area (Å²) in [4.78, 5) is 13.2. The van der Waals surface area contributed by atoms with E-state index in [4.69, 9.17) is 10.00 Å². The number of rotatable bonds is 6. The molecule has 108 valence electrons. The van der Waals surface area contributed by atoms with Gasteiger partial charge in [-0.1, -0.05) is 0 Å². The first kappa shape index (κ1) is 15.0. The van der Waals surface area contributed by atoms with Crippen molar-refractivity contribution < 1.29 is 9.53 Å². The Morgan fingerprint density at radius 1 is 1.24 bits per heavy atom. The second kappa shape index (κ2) is 7.43. The molecule has 2 rings (SSSR count). The number of nitrogens with one attached hydrogen (secondary N) is 2. The average Bonchev–Trinajstić information content (AvgIpc) is 2.95. The second-order valence-corrected chi connectivity index (χ2v) is 5.46. The molecule has 1 aromatic carbocycles. The Kier molecular flexibility index (Phi) is 5.32. The number of anilines is 2. The van der Waals surface area contributed by atoms with E-state index in [0.29, 0.717) is 11.4 Å². The Bertz CT molecular complexity index is 644. The van der Waals surface area contributed by atoms with Crippen LogP contribution < -0.4 is 10.6 Å². The van der Waals surface area contributed by atoms with Crippen molar-refractivity contribution in [1.82, 2.24) is 0 Å². The number of amides is 1. The number of hydrogen-bond donors (Lipinski definition) is 2. The van der Waals surface area contributed by atoms with Crippen LogP contribution in [0.15, 0.2) is 36.4 Å². The predicted molar refractivity (Wildman–Crippen MR) is 83.3 cm³/mol. The minimum absolute atomic E-state index is 0.0413. The lowest BCUT2D eigenvalue weighted by Crippen LogP contribution is -2.16. The van der Waals surface area contributed by atoms with Gasteiger partial charge in [0.2, 0.25) is 5.91 Å². The van der Waals surface area contributed by atoms with Crippen LogP contribution in [0.1, 0.15) is 9.75 Å². The molecule has 0 aliphatic heterocycles. The molecule has 0 aliphatic rings. The van der Waals surface area contributed by atoms with E-state index in [1.165, 1.54) is 18.4 Å². The minimum atomic E-state index is -0.180. The van der Waals surface area contributed by atoms with Crippen LogP contribution in [-0.2, 0) is 16.1 Å². The quantitative estimate of drug-likeness (QED) is 0.860. The topological polar surface area (TPSA) is 74.2 Å². The molecule has 0 atom stereocenters. The zero-order chi connectivity index (χ0) is 15.1. The molecule has 1 heterocycles. The van der Waals surface area contributed by atoms with Gasteiger partial charge in [-0.3, -0.25) is 4.79 Å². The summed E-state index contributed by atoms with van der Waals surface area (Å²) < 4.78 is 4.75. The van der Waals surface area contributed by atoms with E-state index in [0.717, 1.165) is 16.3 Å². The molecule has 0 spiro atoms. The van der Waals surface area contributed by atoms with Crippen LogP contribution in [0.2, 0.25) is 0 Å². The molecule has 0 unspecified atom stereocenters. The summed E-state index contributed by atoms with van der Waals surface area (Å²) in [6, 6.07) is 13.3. The normalized spacial score (nSPS) is 9.90. The number of hydrogen-bond acceptors (Lipinski definition) is 5. The number of nitriles is 1. The molecule has 0 aliphatic carbocycles. The van der Waals surface area contributed by atoms with Crippen LogP contribution in [0.25, 0.3) is 0 Å². The minimum Gasteiger partial charge on any atom is -0.380 e. The van der Waals surface area contributed by atoms with E-state index < -0.39 is 0 Å². The number of nitrogens with zero attached hydrogens (tertiary/aromatic N) is 1. The number of carbonyl (C=O) groups excluding carboxylic acids is 1. The Hall–Kier alpha value is -2.36. The van der Waals surface area contributed by atoms with Crippen LogP contribution in [0.5, 0.6) is 0 Å². The molecular formula is C15H15N3O2S. The van der Waals surface area contributed by atoms with E-state index in [-0.39, 0.29) is 12.5 Å². The van der Waals surface area contributed by atoms with Gasteiger partial charge in [-0.2, -0.15) is 5.26 Å². The molecule has 1 aromatic heterocycles. The number of carbonyl (C=O) groups is 1. The fourth-order valence-electron chi connectivity index (χ4n) is 1.72. The number of benzene rings is 1. The molecule has 0 fully saturated rings. The van der Waals surface area contributed by atoms with Crippen molar-refractivity contribution in [3.8, 4) is 6.07 Å². The maximum Gasteiger partial charge on any atom is 0.250 e. The third kappa shape index (κ3) is 4.60. The van der Waals surface area contributed by atoms with Gasteiger partial charge in [-0.15, -0.1) is 11.3 Å². The standard InChI is InChI=1S/C15H15N3O2S/c1-20-10-15(19)18-12-4-2-11(3-5-12)17-9-14-7-6-13(8-16)21-14/h2-7,17H,9-10H2,1H3,(H,18,19). The SMILES string of the molecule is COCC(=O)Nc1ccc(NCc2ccc(C#N)s2)cc1. The highest BCUT2D eigenvalue weighted by Crippen LogP contribution is 2.18. The summed E-state index contributed by atoms with van der Waals surface area (Å²) in [6.07, 6.45) is 0. The summed E-state index contributed by atoms with van der Waals surface area (Å²) in [7, 11) is 1.48. The molecule has 0 radical (unpaired) electrons. The highest BCUT2D eigenvalue weighted by atomic mass is 32.1. The van der Waals surface area contributed by atoms with Crippen LogP contribution >= 0.6 is 11.3 Å². The fraction of sp³-hybridized carbons (Fsp3) is 0.200. The lowest BCUT2D eigenvalue weighted by molar-refractivity contribution is -0.119. The van der Waals surface area contributed by atoms with Crippen LogP contribution in [-0.4, -0.2) is 19.6 Å². The largest absolute Gasteiger partial charge is 0.380 e. The van der Waals surface area contributed by atoms with Crippen molar-refractivity contribution >= 4 is 28.6 Å². The van der Waals surface area contributed by atoms with E-state index >= 15 is 0 Å². The molecule has 0 saturated heterocycles. The van der Waals surface area contributed by atoms with Gasteiger partial charge < -0.3 is 15.4 Å². The molecule has 5 nitrogen and oxygen atoms in total. The molecular weight excluding hydrogens is 286 g/mol. The van der Waals surface area contributed by atoms with E-state index in [2.05, 4.69) is 16.7 Å². The van der Waals surface area contributed by atoms with E-state index in [1.54, 1.807) is 0 Å². The molecule has 2 N–H and O–H groups in total. The van der Waals surface area contributed by atoms with Gasteiger partial charge in [-0.05, 0) is 36.4 Å². The van der Waals surface area contributed by atoms with Crippen molar-refractivity contribution in [3.63, 3.8) is 0 Å². The molecule has 2 aromatic rings.